The van der Waals surface area contributed by atoms with Crippen LogP contribution in [0, 0.1) is 0 Å². The largest absolute Gasteiger partial charge is 0.399 e. The van der Waals surface area contributed by atoms with Crippen molar-refractivity contribution >= 4 is 23.0 Å². The highest BCUT2D eigenvalue weighted by Gasteiger charge is 2.16. The third-order valence-corrected chi connectivity index (χ3v) is 4.25. The van der Waals surface area contributed by atoms with Crippen LogP contribution in [-0.4, -0.2) is 43.5 Å². The van der Waals surface area contributed by atoms with Gasteiger partial charge in [0.1, 0.15) is 0 Å². The summed E-state index contributed by atoms with van der Waals surface area (Å²) in [4.78, 5) is 16.7. The van der Waals surface area contributed by atoms with Crippen LogP contribution in [0.4, 0.5) is 17.1 Å². The van der Waals surface area contributed by atoms with Crippen LogP contribution in [0.1, 0.15) is 33.1 Å². The Labute approximate surface area is 133 Å². The molecule has 0 spiro atoms. The van der Waals surface area contributed by atoms with E-state index >= 15 is 0 Å². The van der Waals surface area contributed by atoms with Gasteiger partial charge in [0.15, 0.2) is 0 Å². The van der Waals surface area contributed by atoms with Crippen LogP contribution in [0.3, 0.4) is 0 Å². The van der Waals surface area contributed by atoms with E-state index in [0.717, 1.165) is 37.6 Å². The van der Waals surface area contributed by atoms with Gasteiger partial charge in [-0.3, -0.25) is 9.69 Å². The smallest absolute Gasteiger partial charge is 0.238 e. The normalized spacial score (nSPS) is 15.1. The molecule has 1 fully saturated rings. The Morgan fingerprint density at radius 1 is 1.23 bits per heavy atom. The van der Waals surface area contributed by atoms with Crippen LogP contribution in [0.15, 0.2) is 18.2 Å². The van der Waals surface area contributed by atoms with Crippen LogP contribution < -0.4 is 16.0 Å². The van der Waals surface area contributed by atoms with Crippen molar-refractivity contribution in [2.75, 3.05) is 48.7 Å². The third kappa shape index (κ3) is 4.37. The molecule has 5 heteroatoms. The Balaban J connectivity index is 2.11. The number of benzene rings is 1. The maximum Gasteiger partial charge on any atom is 0.238 e. The maximum atomic E-state index is 12.3. The summed E-state index contributed by atoms with van der Waals surface area (Å²) in [5, 5.41) is 3.05. The van der Waals surface area contributed by atoms with Crippen LogP contribution in [0.2, 0.25) is 0 Å². The zero-order valence-electron chi connectivity index (χ0n) is 13.8. The van der Waals surface area contributed by atoms with Crippen molar-refractivity contribution in [2.45, 2.75) is 33.1 Å². The fraction of sp³-hybridized carbons (Fsp3) is 0.588. The zero-order chi connectivity index (χ0) is 15.9. The van der Waals surface area contributed by atoms with Gasteiger partial charge in [-0.2, -0.15) is 0 Å². The number of nitrogens with two attached hydrogens (primary N) is 1. The molecule has 122 valence electrons. The maximum absolute atomic E-state index is 12.3. The standard InChI is InChI=1S/C17H28N4O/c1-3-20(4-2)13-17(22)19-15-12-14(18)8-9-16(15)21-10-6-5-7-11-21/h8-9,12H,3-7,10-11,13,18H2,1-2H3,(H,19,22). The molecule has 1 heterocycles. The van der Waals surface area contributed by atoms with Gasteiger partial charge in [0, 0.05) is 18.8 Å². The lowest BCUT2D eigenvalue weighted by atomic mass is 10.1. The Bertz CT molecular complexity index is 493. The highest BCUT2D eigenvalue weighted by molar-refractivity contribution is 5.96. The molecule has 22 heavy (non-hydrogen) atoms. The minimum Gasteiger partial charge on any atom is -0.399 e. The molecule has 0 unspecified atom stereocenters. The van der Waals surface area contributed by atoms with Crippen LogP contribution in [-0.2, 0) is 4.79 Å². The van der Waals surface area contributed by atoms with Gasteiger partial charge in [-0.05, 0) is 50.6 Å². The Hall–Kier alpha value is -1.75. The molecule has 1 amide bonds. The summed E-state index contributed by atoms with van der Waals surface area (Å²) in [5.41, 5.74) is 8.50. The van der Waals surface area contributed by atoms with Crippen LogP contribution in [0.5, 0.6) is 0 Å². The van der Waals surface area contributed by atoms with E-state index in [0.29, 0.717) is 12.2 Å². The molecule has 3 N–H and O–H groups in total. The number of hydrogen-bond acceptors (Lipinski definition) is 4. The minimum atomic E-state index is 0.0209. The fourth-order valence-corrected chi connectivity index (χ4v) is 2.90. The van der Waals surface area contributed by atoms with Crippen molar-refractivity contribution in [3.8, 4) is 0 Å². The first-order valence-corrected chi connectivity index (χ1v) is 8.30. The average molecular weight is 304 g/mol. The monoisotopic (exact) mass is 304 g/mol. The summed E-state index contributed by atoms with van der Waals surface area (Å²) in [5.74, 6) is 0.0209. The minimum absolute atomic E-state index is 0.0209. The molecular formula is C17H28N4O. The lowest BCUT2D eigenvalue weighted by Crippen LogP contribution is -2.34. The molecule has 5 nitrogen and oxygen atoms in total. The van der Waals surface area contributed by atoms with Crippen molar-refractivity contribution in [2.24, 2.45) is 0 Å². The molecule has 0 aliphatic carbocycles. The van der Waals surface area contributed by atoms with E-state index in [1.165, 1.54) is 19.3 Å². The van der Waals surface area contributed by atoms with Gasteiger partial charge in [-0.25, -0.2) is 0 Å². The number of carbonyl (C=O) groups excluding carboxylic acids is 1. The zero-order valence-corrected chi connectivity index (χ0v) is 13.8. The van der Waals surface area contributed by atoms with Gasteiger partial charge in [0.25, 0.3) is 0 Å². The fourth-order valence-electron chi connectivity index (χ4n) is 2.90. The number of amides is 1. The molecule has 2 rings (SSSR count). The number of nitrogen functional groups attached to an aromatic ring is 1. The quantitative estimate of drug-likeness (QED) is 0.793. The van der Waals surface area contributed by atoms with Gasteiger partial charge in [-0.1, -0.05) is 13.8 Å². The second-order valence-electron chi connectivity index (χ2n) is 5.83. The van der Waals surface area contributed by atoms with E-state index in [2.05, 4.69) is 29.0 Å². The van der Waals surface area contributed by atoms with Crippen molar-refractivity contribution in [1.82, 2.24) is 4.90 Å². The predicted octanol–water partition coefficient (Wildman–Crippen LogP) is 2.54. The van der Waals surface area contributed by atoms with Crippen LogP contribution >= 0.6 is 0 Å². The Morgan fingerprint density at radius 2 is 1.91 bits per heavy atom. The van der Waals surface area contributed by atoms with E-state index in [1.54, 1.807) is 0 Å². The molecule has 0 radical (unpaired) electrons. The van der Waals surface area contributed by atoms with Gasteiger partial charge in [0.05, 0.1) is 17.9 Å². The molecule has 1 aliphatic heterocycles. The average Bonchev–Trinajstić information content (AvgIpc) is 2.53. The predicted molar refractivity (Wildman–Crippen MR) is 93.3 cm³/mol. The van der Waals surface area contributed by atoms with Crippen LogP contribution in [0.25, 0.3) is 0 Å². The van der Waals surface area contributed by atoms with Crippen molar-refractivity contribution < 1.29 is 4.79 Å². The summed E-state index contributed by atoms with van der Waals surface area (Å²) in [6.07, 6.45) is 3.70. The number of likely N-dealkylation sites (N-methyl/N-ethyl adjacent to an activating group) is 1. The number of rotatable bonds is 6. The van der Waals surface area contributed by atoms with Crippen molar-refractivity contribution in [3.63, 3.8) is 0 Å². The van der Waals surface area contributed by atoms with E-state index in [9.17, 15) is 4.79 Å². The van der Waals surface area contributed by atoms with Gasteiger partial charge in [-0.15, -0.1) is 0 Å². The highest BCUT2D eigenvalue weighted by Crippen LogP contribution is 2.30. The Morgan fingerprint density at radius 3 is 2.55 bits per heavy atom. The van der Waals surface area contributed by atoms with Gasteiger partial charge < -0.3 is 16.0 Å². The van der Waals surface area contributed by atoms with Crippen molar-refractivity contribution in [3.05, 3.63) is 18.2 Å². The molecule has 1 aromatic rings. The number of piperidine rings is 1. The number of hydrogen-bond donors (Lipinski definition) is 2. The molecule has 1 aliphatic rings. The summed E-state index contributed by atoms with van der Waals surface area (Å²) in [6.45, 7) is 8.39. The van der Waals surface area contributed by atoms with E-state index in [-0.39, 0.29) is 5.91 Å². The van der Waals surface area contributed by atoms with Crippen molar-refractivity contribution in [1.29, 1.82) is 0 Å². The first kappa shape index (κ1) is 16.6. The first-order valence-electron chi connectivity index (χ1n) is 8.30. The number of nitrogens with one attached hydrogen (secondary N) is 1. The molecule has 0 atom stereocenters. The lowest BCUT2D eigenvalue weighted by Gasteiger charge is -2.31. The third-order valence-electron chi connectivity index (χ3n) is 4.25. The second-order valence-corrected chi connectivity index (χ2v) is 5.83. The number of nitrogens with zero attached hydrogens (tertiary/aromatic N) is 2. The topological polar surface area (TPSA) is 61.6 Å². The van der Waals surface area contributed by atoms with E-state index in [4.69, 9.17) is 5.73 Å². The lowest BCUT2D eigenvalue weighted by molar-refractivity contribution is -0.117. The number of carbonyl (C=O) groups is 1. The molecular weight excluding hydrogens is 276 g/mol. The highest BCUT2D eigenvalue weighted by atomic mass is 16.2. The van der Waals surface area contributed by atoms with E-state index in [1.807, 2.05) is 18.2 Å². The molecule has 1 saturated heterocycles. The summed E-state index contributed by atoms with van der Waals surface area (Å²) in [6, 6.07) is 5.79. The molecule has 0 aromatic heterocycles. The first-order chi connectivity index (χ1) is 10.6. The summed E-state index contributed by atoms with van der Waals surface area (Å²) < 4.78 is 0. The molecule has 0 saturated carbocycles. The Kier molecular flexibility index (Phi) is 6.07. The SMILES string of the molecule is CCN(CC)CC(=O)Nc1cc(N)ccc1N1CCCCC1. The summed E-state index contributed by atoms with van der Waals surface area (Å²) in [7, 11) is 0. The molecule has 1 aromatic carbocycles. The second kappa shape index (κ2) is 8.03. The summed E-state index contributed by atoms with van der Waals surface area (Å²) >= 11 is 0. The number of anilines is 3. The van der Waals surface area contributed by atoms with Gasteiger partial charge in [0.2, 0.25) is 5.91 Å². The van der Waals surface area contributed by atoms with E-state index < -0.39 is 0 Å². The van der Waals surface area contributed by atoms with Gasteiger partial charge >= 0.3 is 0 Å². The molecule has 0 bridgehead atoms.